The molecule has 0 unspecified atom stereocenters. The maximum Gasteiger partial charge on any atom is 0.310 e. The molecule has 0 spiro atoms. The molecular weight excluding hydrogens is 426 g/mol. The molecule has 1 fully saturated rings. The number of carbonyl (C=O) groups is 1. The Hall–Kier alpha value is -1.40. The summed E-state index contributed by atoms with van der Waals surface area (Å²) < 4.78 is 47.5. The molecule has 1 aliphatic rings. The minimum Gasteiger partial charge on any atom is -0.460 e. The summed E-state index contributed by atoms with van der Waals surface area (Å²) in [6.07, 6.45) is 5.33. The van der Waals surface area contributed by atoms with Gasteiger partial charge >= 0.3 is 5.97 Å². The van der Waals surface area contributed by atoms with Gasteiger partial charge in [0.2, 0.25) is 0 Å². The predicted molar refractivity (Wildman–Crippen MR) is 109 cm³/mol. The van der Waals surface area contributed by atoms with Gasteiger partial charge in [0.05, 0.1) is 17.2 Å². The maximum atomic E-state index is 14.3. The summed E-state index contributed by atoms with van der Waals surface area (Å²) in [6, 6.07) is 0.488. The first-order chi connectivity index (χ1) is 13.6. The van der Waals surface area contributed by atoms with E-state index >= 15 is 0 Å². The highest BCUT2D eigenvalue weighted by Gasteiger charge is 2.61. The van der Waals surface area contributed by atoms with Crippen molar-refractivity contribution in [3.05, 3.63) is 39.6 Å². The van der Waals surface area contributed by atoms with Crippen LogP contribution in [0.1, 0.15) is 52.0 Å². The van der Waals surface area contributed by atoms with E-state index in [-0.39, 0.29) is 21.7 Å². The van der Waals surface area contributed by atoms with E-state index in [2.05, 4.69) is 12.2 Å². The fourth-order valence-corrected chi connectivity index (χ4v) is 3.82. The van der Waals surface area contributed by atoms with Crippen LogP contribution in [-0.2, 0) is 16.1 Å². The smallest absolute Gasteiger partial charge is 0.310 e. The van der Waals surface area contributed by atoms with E-state index in [0.29, 0.717) is 12.6 Å². The molecule has 0 radical (unpaired) electrons. The second kappa shape index (κ2) is 10.1. The van der Waals surface area contributed by atoms with Crippen molar-refractivity contribution in [3.8, 4) is 0 Å². The van der Waals surface area contributed by atoms with E-state index in [1.54, 1.807) is 6.08 Å². The lowest BCUT2D eigenvalue weighted by molar-refractivity contribution is -0.147. The van der Waals surface area contributed by atoms with Crippen LogP contribution in [0.15, 0.2) is 16.6 Å². The SMILES string of the molecule is CCCCCCNc1c(F)cc(F)c(F)c1COC(=O)[C@H]1[C@H](C=C(Cl)Cl)C1(C)C. The summed E-state index contributed by atoms with van der Waals surface area (Å²) in [7, 11) is 0. The molecule has 1 N–H and O–H groups in total. The summed E-state index contributed by atoms with van der Waals surface area (Å²) in [4.78, 5) is 12.4. The van der Waals surface area contributed by atoms with Gasteiger partial charge in [0.25, 0.3) is 0 Å². The van der Waals surface area contributed by atoms with Crippen LogP contribution in [0.25, 0.3) is 0 Å². The molecule has 8 heteroatoms. The molecule has 1 saturated carbocycles. The highest BCUT2D eigenvalue weighted by atomic mass is 35.5. The van der Waals surface area contributed by atoms with Gasteiger partial charge in [-0.25, -0.2) is 13.2 Å². The molecule has 0 aromatic heterocycles. The molecule has 3 nitrogen and oxygen atoms in total. The number of ether oxygens (including phenoxy) is 1. The Morgan fingerprint density at radius 2 is 1.90 bits per heavy atom. The third kappa shape index (κ3) is 5.82. The van der Waals surface area contributed by atoms with Gasteiger partial charge in [-0.05, 0) is 23.8 Å². The molecule has 1 aliphatic carbocycles. The number of allylic oxidation sites excluding steroid dienone is 1. The molecule has 162 valence electrons. The molecule has 0 heterocycles. The van der Waals surface area contributed by atoms with Crippen molar-refractivity contribution < 1.29 is 22.7 Å². The van der Waals surface area contributed by atoms with Gasteiger partial charge in [0, 0.05) is 12.6 Å². The van der Waals surface area contributed by atoms with Crippen LogP contribution in [-0.4, -0.2) is 12.5 Å². The van der Waals surface area contributed by atoms with E-state index in [1.165, 1.54) is 0 Å². The number of carbonyl (C=O) groups excluding carboxylic acids is 1. The van der Waals surface area contributed by atoms with E-state index in [9.17, 15) is 18.0 Å². The van der Waals surface area contributed by atoms with E-state index in [1.807, 2.05) is 13.8 Å². The molecule has 2 rings (SSSR count). The first-order valence-corrected chi connectivity index (χ1v) is 10.5. The Morgan fingerprint density at radius 3 is 2.52 bits per heavy atom. The van der Waals surface area contributed by atoms with Crippen LogP contribution in [0, 0.1) is 34.7 Å². The lowest BCUT2D eigenvalue weighted by atomic mass is 10.1. The van der Waals surface area contributed by atoms with E-state index in [0.717, 1.165) is 25.7 Å². The fourth-order valence-electron chi connectivity index (χ4n) is 3.54. The Kier molecular flexibility index (Phi) is 8.29. The van der Waals surface area contributed by atoms with Gasteiger partial charge in [-0.15, -0.1) is 0 Å². The summed E-state index contributed by atoms with van der Waals surface area (Å²) in [5.74, 6) is -4.81. The highest BCUT2D eigenvalue weighted by molar-refractivity contribution is 6.55. The second-order valence-electron chi connectivity index (χ2n) is 7.88. The summed E-state index contributed by atoms with van der Waals surface area (Å²) in [6.45, 7) is 5.59. The number of rotatable bonds is 10. The average Bonchev–Trinajstić information content (AvgIpc) is 3.17. The van der Waals surface area contributed by atoms with Crippen molar-refractivity contribution in [2.24, 2.45) is 17.3 Å². The number of esters is 1. The first-order valence-electron chi connectivity index (χ1n) is 9.70. The van der Waals surface area contributed by atoms with Crippen LogP contribution >= 0.6 is 23.2 Å². The summed E-state index contributed by atoms with van der Waals surface area (Å²) in [5.41, 5.74) is -0.936. The van der Waals surface area contributed by atoms with Crippen molar-refractivity contribution in [1.82, 2.24) is 0 Å². The van der Waals surface area contributed by atoms with Gasteiger partial charge in [0.15, 0.2) is 11.6 Å². The van der Waals surface area contributed by atoms with Crippen molar-refractivity contribution >= 4 is 34.9 Å². The molecule has 0 bridgehead atoms. The van der Waals surface area contributed by atoms with Crippen molar-refractivity contribution in [2.75, 3.05) is 11.9 Å². The molecule has 1 aromatic rings. The van der Waals surface area contributed by atoms with Crippen molar-refractivity contribution in [1.29, 1.82) is 0 Å². The number of nitrogens with one attached hydrogen (secondary N) is 1. The van der Waals surface area contributed by atoms with Gasteiger partial charge in [-0.1, -0.05) is 63.2 Å². The Labute approximate surface area is 179 Å². The Morgan fingerprint density at radius 1 is 1.21 bits per heavy atom. The number of hydrogen-bond acceptors (Lipinski definition) is 3. The van der Waals surface area contributed by atoms with Gasteiger partial charge in [-0.3, -0.25) is 4.79 Å². The summed E-state index contributed by atoms with van der Waals surface area (Å²) in [5, 5.41) is 2.81. The van der Waals surface area contributed by atoms with Crippen LogP contribution in [0.3, 0.4) is 0 Å². The van der Waals surface area contributed by atoms with Crippen LogP contribution in [0.4, 0.5) is 18.9 Å². The molecule has 0 amide bonds. The van der Waals surface area contributed by atoms with Crippen molar-refractivity contribution in [3.63, 3.8) is 0 Å². The first kappa shape index (κ1) is 23.9. The van der Waals surface area contributed by atoms with Gasteiger partial charge in [-0.2, -0.15) is 0 Å². The van der Waals surface area contributed by atoms with Gasteiger partial charge < -0.3 is 10.1 Å². The number of halogens is 5. The quantitative estimate of drug-likeness (QED) is 0.243. The Bertz CT molecular complexity index is 780. The lowest BCUT2D eigenvalue weighted by Crippen LogP contribution is -2.15. The van der Waals surface area contributed by atoms with Crippen LogP contribution in [0.2, 0.25) is 0 Å². The number of benzene rings is 1. The third-order valence-corrected chi connectivity index (χ3v) is 5.68. The van der Waals surface area contributed by atoms with Gasteiger partial charge in [0.1, 0.15) is 16.9 Å². The summed E-state index contributed by atoms with van der Waals surface area (Å²) >= 11 is 11.3. The molecular formula is C21H26Cl2F3NO2. The predicted octanol–water partition coefficient (Wildman–Crippen LogP) is 6.73. The second-order valence-corrected chi connectivity index (χ2v) is 8.89. The normalized spacial score (nSPS) is 19.6. The third-order valence-electron chi connectivity index (χ3n) is 5.43. The highest BCUT2D eigenvalue weighted by Crippen LogP contribution is 2.60. The molecule has 29 heavy (non-hydrogen) atoms. The van der Waals surface area contributed by atoms with E-state index in [4.69, 9.17) is 27.9 Å². The zero-order valence-corrected chi connectivity index (χ0v) is 18.3. The topological polar surface area (TPSA) is 38.3 Å². The number of anilines is 1. The number of unbranched alkanes of at least 4 members (excludes halogenated alkanes) is 3. The fraction of sp³-hybridized carbons (Fsp3) is 0.571. The van der Waals surface area contributed by atoms with E-state index < -0.39 is 41.4 Å². The minimum atomic E-state index is -1.33. The molecule has 0 aliphatic heterocycles. The van der Waals surface area contributed by atoms with Crippen LogP contribution in [0.5, 0.6) is 0 Å². The Balaban J connectivity index is 2.09. The average molecular weight is 452 g/mol. The van der Waals surface area contributed by atoms with Crippen LogP contribution < -0.4 is 5.32 Å². The molecule has 0 saturated heterocycles. The zero-order chi connectivity index (χ0) is 21.8. The number of hydrogen-bond donors (Lipinski definition) is 1. The standard InChI is InChI=1S/C21H26Cl2F3NO2/c1-4-5-6-7-8-27-19-12(18(26)14(24)10-15(19)25)11-29-20(28)17-13(9-16(22)23)21(17,2)3/h9-10,13,17,27H,4-8,11H2,1-3H3/t13-,17+/m0/s1. The monoisotopic (exact) mass is 451 g/mol. The molecule has 2 atom stereocenters. The molecule has 1 aromatic carbocycles. The van der Waals surface area contributed by atoms with Crippen molar-refractivity contribution in [2.45, 2.75) is 53.1 Å². The minimum absolute atomic E-state index is 0.0474. The zero-order valence-electron chi connectivity index (χ0n) is 16.8. The lowest BCUT2D eigenvalue weighted by Gasteiger charge is -2.15. The largest absolute Gasteiger partial charge is 0.460 e. The maximum absolute atomic E-state index is 14.3.